The van der Waals surface area contributed by atoms with Gasteiger partial charge >= 0.3 is 0 Å². The fourth-order valence-electron chi connectivity index (χ4n) is 1.35. The molecule has 6 heteroatoms. The van der Waals surface area contributed by atoms with Crippen molar-refractivity contribution in [2.75, 3.05) is 11.5 Å². The number of nitrogen functional groups attached to an aromatic ring is 1. The molecule has 0 aliphatic rings. The van der Waals surface area contributed by atoms with Crippen LogP contribution in [0.4, 0.5) is 5.69 Å². The number of hydrogen-bond acceptors (Lipinski definition) is 4. The summed E-state index contributed by atoms with van der Waals surface area (Å²) in [6, 6.07) is 4.47. The van der Waals surface area contributed by atoms with Gasteiger partial charge in [-0.3, -0.25) is 4.79 Å². The lowest BCUT2D eigenvalue weighted by atomic mass is 10.2. The molecule has 1 amide bonds. The summed E-state index contributed by atoms with van der Waals surface area (Å²) < 4.78 is 23.9. The summed E-state index contributed by atoms with van der Waals surface area (Å²) in [7, 11) is -3.50. The maximum absolute atomic E-state index is 12.0. The fourth-order valence-corrected chi connectivity index (χ4v) is 3.00. The van der Waals surface area contributed by atoms with E-state index in [0.29, 0.717) is 11.3 Å². The zero-order valence-electron chi connectivity index (χ0n) is 9.80. The van der Waals surface area contributed by atoms with Crippen LogP contribution in [-0.4, -0.2) is 20.1 Å². The highest BCUT2D eigenvalue weighted by Crippen LogP contribution is 2.19. The average molecular weight is 256 g/mol. The van der Waals surface area contributed by atoms with Gasteiger partial charge in [-0.25, -0.2) is 8.42 Å². The predicted molar refractivity (Wildman–Crippen MR) is 66.0 cm³/mol. The van der Waals surface area contributed by atoms with Gasteiger partial charge in [-0.2, -0.15) is 0 Å². The molecule has 1 aromatic rings. The third-order valence-electron chi connectivity index (χ3n) is 2.56. The number of hydrogen-bond donors (Lipinski definition) is 2. The van der Waals surface area contributed by atoms with Gasteiger partial charge in [0.2, 0.25) is 5.91 Å². The molecule has 1 atom stereocenters. The molecular formula is C11H16N2O3S. The Balaban J connectivity index is 3.05. The first kappa shape index (κ1) is 13.5. The molecule has 0 aliphatic heterocycles. The zero-order chi connectivity index (χ0) is 13.2. The highest BCUT2D eigenvalue weighted by Gasteiger charge is 2.21. The topological polar surface area (TPSA) is 103 Å². The van der Waals surface area contributed by atoms with Crippen LogP contribution in [0.5, 0.6) is 0 Å². The fraction of sp³-hybridized carbons (Fsp3) is 0.364. The largest absolute Gasteiger partial charge is 0.399 e. The Morgan fingerprint density at radius 2 is 2.00 bits per heavy atom. The minimum Gasteiger partial charge on any atom is -0.399 e. The predicted octanol–water partition coefficient (Wildman–Crippen LogP) is 0.472. The van der Waals surface area contributed by atoms with Crippen LogP contribution in [0.3, 0.4) is 0 Å². The highest BCUT2D eigenvalue weighted by atomic mass is 32.2. The van der Waals surface area contributed by atoms with E-state index in [1.165, 1.54) is 25.1 Å². The maximum atomic E-state index is 12.0. The van der Waals surface area contributed by atoms with Crippen LogP contribution < -0.4 is 11.5 Å². The lowest BCUT2D eigenvalue weighted by Gasteiger charge is -2.10. The minimum absolute atomic E-state index is 0.164. The second-order valence-electron chi connectivity index (χ2n) is 4.10. The lowest BCUT2D eigenvalue weighted by Crippen LogP contribution is -2.27. The van der Waals surface area contributed by atoms with E-state index in [1.807, 2.05) is 0 Å². The van der Waals surface area contributed by atoms with Crippen molar-refractivity contribution in [3.63, 3.8) is 0 Å². The summed E-state index contributed by atoms with van der Waals surface area (Å²) in [5, 5.41) is 0. The third kappa shape index (κ3) is 3.20. The number of anilines is 1. The molecule has 1 rings (SSSR count). The van der Waals surface area contributed by atoms with Crippen LogP contribution in [0.1, 0.15) is 12.5 Å². The number of primary amides is 1. The molecule has 0 bridgehead atoms. The molecule has 1 unspecified atom stereocenters. The number of amides is 1. The normalized spacial score (nSPS) is 13.3. The van der Waals surface area contributed by atoms with Gasteiger partial charge in [0.05, 0.1) is 10.6 Å². The average Bonchev–Trinajstić information content (AvgIpc) is 2.21. The number of rotatable bonds is 4. The Hall–Kier alpha value is -1.56. The molecule has 0 saturated carbocycles. The Morgan fingerprint density at radius 3 is 2.47 bits per heavy atom. The van der Waals surface area contributed by atoms with Gasteiger partial charge in [0.15, 0.2) is 9.84 Å². The van der Waals surface area contributed by atoms with Crippen LogP contribution in [-0.2, 0) is 14.6 Å². The number of aryl methyl sites for hydroxylation is 1. The molecule has 0 aromatic heterocycles. The van der Waals surface area contributed by atoms with Crippen LogP contribution in [0.2, 0.25) is 0 Å². The van der Waals surface area contributed by atoms with Gasteiger partial charge in [0, 0.05) is 11.6 Å². The first-order chi connectivity index (χ1) is 7.74. The smallest absolute Gasteiger partial charge is 0.221 e. The molecule has 0 spiro atoms. The molecule has 0 aliphatic carbocycles. The Kier molecular flexibility index (Phi) is 3.77. The number of nitrogens with two attached hydrogens (primary N) is 2. The Labute approximate surface area is 101 Å². The molecule has 0 radical (unpaired) electrons. The van der Waals surface area contributed by atoms with Gasteiger partial charge in [-0.05, 0) is 30.7 Å². The molecule has 5 nitrogen and oxygen atoms in total. The summed E-state index contributed by atoms with van der Waals surface area (Å²) in [5.74, 6) is -1.62. The van der Waals surface area contributed by atoms with E-state index in [9.17, 15) is 13.2 Å². The van der Waals surface area contributed by atoms with Crippen LogP contribution >= 0.6 is 0 Å². The highest BCUT2D eigenvalue weighted by molar-refractivity contribution is 7.91. The van der Waals surface area contributed by atoms with E-state index < -0.39 is 21.7 Å². The van der Waals surface area contributed by atoms with Crippen molar-refractivity contribution in [1.29, 1.82) is 0 Å². The summed E-state index contributed by atoms with van der Waals surface area (Å²) in [6.07, 6.45) is 0. The molecule has 1 aromatic carbocycles. The molecule has 94 valence electrons. The SMILES string of the molecule is Cc1cc(S(=O)(=O)CC(C)C(N)=O)ccc1N. The third-order valence-corrected chi connectivity index (χ3v) is 4.47. The quantitative estimate of drug-likeness (QED) is 0.764. The second kappa shape index (κ2) is 4.75. The molecule has 0 saturated heterocycles. The van der Waals surface area contributed by atoms with Crippen LogP contribution in [0.25, 0.3) is 0 Å². The molecule has 0 heterocycles. The van der Waals surface area contributed by atoms with Crippen molar-refractivity contribution in [3.05, 3.63) is 23.8 Å². The summed E-state index contributed by atoms with van der Waals surface area (Å²) >= 11 is 0. The van der Waals surface area contributed by atoms with Crippen molar-refractivity contribution < 1.29 is 13.2 Å². The maximum Gasteiger partial charge on any atom is 0.221 e. The Bertz CT molecular complexity index is 538. The van der Waals surface area contributed by atoms with E-state index in [1.54, 1.807) is 6.92 Å². The van der Waals surface area contributed by atoms with Crippen molar-refractivity contribution in [2.45, 2.75) is 18.7 Å². The summed E-state index contributed by atoms with van der Waals surface area (Å²) in [6.45, 7) is 3.22. The van der Waals surface area contributed by atoms with E-state index in [0.717, 1.165) is 0 Å². The first-order valence-electron chi connectivity index (χ1n) is 5.12. The molecular weight excluding hydrogens is 240 g/mol. The first-order valence-corrected chi connectivity index (χ1v) is 6.77. The van der Waals surface area contributed by atoms with Crippen LogP contribution in [0.15, 0.2) is 23.1 Å². The molecule has 17 heavy (non-hydrogen) atoms. The van der Waals surface area contributed by atoms with E-state index in [2.05, 4.69) is 0 Å². The van der Waals surface area contributed by atoms with Gasteiger partial charge < -0.3 is 11.5 Å². The van der Waals surface area contributed by atoms with E-state index in [-0.39, 0.29) is 10.6 Å². The van der Waals surface area contributed by atoms with E-state index in [4.69, 9.17) is 11.5 Å². The van der Waals surface area contributed by atoms with Crippen molar-refractivity contribution in [3.8, 4) is 0 Å². The van der Waals surface area contributed by atoms with Crippen molar-refractivity contribution in [1.82, 2.24) is 0 Å². The van der Waals surface area contributed by atoms with Gasteiger partial charge in [-0.1, -0.05) is 6.92 Å². The van der Waals surface area contributed by atoms with Gasteiger partial charge in [0.25, 0.3) is 0 Å². The van der Waals surface area contributed by atoms with Crippen LogP contribution in [0, 0.1) is 12.8 Å². The zero-order valence-corrected chi connectivity index (χ0v) is 10.6. The second-order valence-corrected chi connectivity index (χ2v) is 6.14. The monoisotopic (exact) mass is 256 g/mol. The molecule has 4 N–H and O–H groups in total. The Morgan fingerprint density at radius 1 is 1.41 bits per heavy atom. The molecule has 0 fully saturated rings. The standard InChI is InChI=1S/C11H16N2O3S/c1-7-5-9(3-4-10(7)12)17(15,16)6-8(2)11(13)14/h3-5,8H,6,12H2,1-2H3,(H2,13,14). The number of carbonyl (C=O) groups is 1. The lowest BCUT2D eigenvalue weighted by molar-refractivity contribution is -0.120. The summed E-state index contributed by atoms with van der Waals surface area (Å²) in [4.78, 5) is 11.0. The van der Waals surface area contributed by atoms with Gasteiger partial charge in [-0.15, -0.1) is 0 Å². The van der Waals surface area contributed by atoms with Crippen molar-refractivity contribution in [2.24, 2.45) is 11.7 Å². The van der Waals surface area contributed by atoms with Gasteiger partial charge in [0.1, 0.15) is 0 Å². The van der Waals surface area contributed by atoms with E-state index >= 15 is 0 Å². The summed E-state index contributed by atoms with van der Waals surface area (Å²) in [5.41, 5.74) is 11.9. The minimum atomic E-state index is -3.50. The number of carbonyl (C=O) groups excluding carboxylic acids is 1. The number of benzene rings is 1. The number of sulfone groups is 1. The van der Waals surface area contributed by atoms with Crippen molar-refractivity contribution >= 4 is 21.4 Å².